The lowest BCUT2D eigenvalue weighted by atomic mass is 10.1. The first-order valence-electron chi connectivity index (χ1n) is 12.2. The van der Waals surface area contributed by atoms with Gasteiger partial charge >= 0.3 is 0 Å². The number of fused-ring (bicyclic) bond motifs is 1. The fourth-order valence-corrected chi connectivity index (χ4v) is 5.55. The van der Waals surface area contributed by atoms with Crippen molar-refractivity contribution in [3.05, 3.63) is 47.5 Å². The zero-order valence-electron chi connectivity index (χ0n) is 20.3. The number of ether oxygens (including phenoxy) is 3. The summed E-state index contributed by atoms with van der Waals surface area (Å²) < 4.78 is 31.7. The van der Waals surface area contributed by atoms with Gasteiger partial charge in [-0.1, -0.05) is 23.4 Å². The number of hydrogen-bond acceptors (Lipinski definition) is 8. The number of benzene rings is 2. The van der Waals surface area contributed by atoms with Gasteiger partial charge in [-0.2, -0.15) is 0 Å². The molecule has 0 unspecified atom stereocenters. The molecular weight excluding hydrogens is 503 g/mol. The van der Waals surface area contributed by atoms with Crippen LogP contribution in [0.25, 0.3) is 10.9 Å². The molecule has 2 aliphatic rings. The van der Waals surface area contributed by atoms with Gasteiger partial charge in [0.25, 0.3) is 0 Å². The van der Waals surface area contributed by atoms with Crippen molar-refractivity contribution in [1.29, 1.82) is 0 Å². The lowest BCUT2D eigenvalue weighted by Gasteiger charge is -2.32. The molecule has 2 saturated heterocycles. The topological polar surface area (TPSA) is 60.0 Å². The maximum atomic E-state index is 13.6. The van der Waals surface area contributed by atoms with Crippen LogP contribution in [0.3, 0.4) is 0 Å². The molecule has 0 N–H and O–H groups in total. The van der Waals surface area contributed by atoms with Gasteiger partial charge in [0.1, 0.15) is 41.4 Å². The Bertz CT molecular complexity index is 1190. The van der Waals surface area contributed by atoms with E-state index in [4.69, 9.17) is 25.8 Å². The Labute approximate surface area is 219 Å². The van der Waals surface area contributed by atoms with E-state index in [1.807, 2.05) is 12.1 Å². The highest BCUT2D eigenvalue weighted by atomic mass is 35.5. The molecule has 7 nitrogen and oxygen atoms in total. The number of halogens is 2. The smallest absolute Gasteiger partial charge is 0.135 e. The summed E-state index contributed by atoms with van der Waals surface area (Å²) in [6, 6.07) is 8.21. The zero-order valence-corrected chi connectivity index (χ0v) is 21.9. The molecule has 0 radical (unpaired) electrons. The van der Waals surface area contributed by atoms with Crippen molar-refractivity contribution >= 4 is 34.3 Å². The molecule has 2 aliphatic heterocycles. The van der Waals surface area contributed by atoms with E-state index >= 15 is 0 Å². The third kappa shape index (κ3) is 6.39. The van der Waals surface area contributed by atoms with Gasteiger partial charge in [-0.05, 0) is 25.2 Å². The molecular formula is C26H30ClFN4O3S. The van der Waals surface area contributed by atoms with Crippen LogP contribution in [0.4, 0.5) is 4.39 Å². The Balaban J connectivity index is 1.41. The van der Waals surface area contributed by atoms with E-state index in [2.05, 4.69) is 26.8 Å². The lowest BCUT2D eigenvalue weighted by molar-refractivity contribution is 0.0260. The molecule has 192 valence electrons. The minimum absolute atomic E-state index is 0.0370. The van der Waals surface area contributed by atoms with Gasteiger partial charge in [0.05, 0.1) is 29.1 Å². The van der Waals surface area contributed by atoms with Crippen molar-refractivity contribution in [2.75, 3.05) is 59.6 Å². The zero-order chi connectivity index (χ0) is 24.9. The molecule has 0 spiro atoms. The van der Waals surface area contributed by atoms with E-state index in [0.29, 0.717) is 46.3 Å². The summed E-state index contributed by atoms with van der Waals surface area (Å²) in [6.07, 6.45) is 3.19. The van der Waals surface area contributed by atoms with Crippen molar-refractivity contribution in [3.8, 4) is 11.5 Å². The SMILES string of the molecule is CN1CCN(CCOc2cc(OC3CCOCC3)c3c(Sc4ccc(F)cc4Cl)ncnc3c2)CC1. The van der Waals surface area contributed by atoms with E-state index in [-0.39, 0.29) is 11.9 Å². The third-order valence-electron chi connectivity index (χ3n) is 6.48. The molecule has 2 fully saturated rings. The number of hydrogen-bond donors (Lipinski definition) is 0. The summed E-state index contributed by atoms with van der Waals surface area (Å²) >= 11 is 7.67. The van der Waals surface area contributed by atoms with Crippen LogP contribution >= 0.6 is 23.4 Å². The van der Waals surface area contributed by atoms with E-state index in [9.17, 15) is 4.39 Å². The second-order valence-corrected chi connectivity index (χ2v) is 10.5. The van der Waals surface area contributed by atoms with Gasteiger partial charge in [0.15, 0.2) is 0 Å². The molecule has 1 aromatic heterocycles. The van der Waals surface area contributed by atoms with Gasteiger partial charge < -0.3 is 19.1 Å². The predicted octanol–water partition coefficient (Wildman–Crippen LogP) is 4.76. The highest BCUT2D eigenvalue weighted by molar-refractivity contribution is 7.99. The Morgan fingerprint density at radius 3 is 2.69 bits per heavy atom. The number of rotatable bonds is 8. The van der Waals surface area contributed by atoms with Gasteiger partial charge in [0, 0.05) is 62.6 Å². The molecule has 3 heterocycles. The highest BCUT2D eigenvalue weighted by Crippen LogP contribution is 2.41. The molecule has 10 heteroatoms. The van der Waals surface area contributed by atoms with Gasteiger partial charge in [-0.3, -0.25) is 4.90 Å². The predicted molar refractivity (Wildman–Crippen MR) is 139 cm³/mol. The first-order chi connectivity index (χ1) is 17.5. The Morgan fingerprint density at radius 1 is 1.11 bits per heavy atom. The van der Waals surface area contributed by atoms with Crippen LogP contribution in [-0.4, -0.2) is 85.5 Å². The Morgan fingerprint density at radius 2 is 1.92 bits per heavy atom. The van der Waals surface area contributed by atoms with Crippen molar-refractivity contribution in [2.45, 2.75) is 28.9 Å². The summed E-state index contributed by atoms with van der Waals surface area (Å²) in [5.41, 5.74) is 0.727. The van der Waals surface area contributed by atoms with Crippen molar-refractivity contribution in [2.24, 2.45) is 0 Å². The highest BCUT2D eigenvalue weighted by Gasteiger charge is 2.21. The molecule has 0 amide bonds. The normalized spacial score (nSPS) is 18.0. The van der Waals surface area contributed by atoms with Crippen LogP contribution in [0.5, 0.6) is 11.5 Å². The van der Waals surface area contributed by atoms with E-state index < -0.39 is 0 Å². The van der Waals surface area contributed by atoms with E-state index in [0.717, 1.165) is 56.5 Å². The summed E-state index contributed by atoms with van der Waals surface area (Å²) in [5.74, 6) is 1.02. The Kier molecular flexibility index (Phi) is 8.43. The summed E-state index contributed by atoms with van der Waals surface area (Å²) in [4.78, 5) is 14.5. The first-order valence-corrected chi connectivity index (χ1v) is 13.4. The van der Waals surface area contributed by atoms with Gasteiger partial charge in [-0.25, -0.2) is 14.4 Å². The van der Waals surface area contributed by atoms with Crippen LogP contribution in [0.15, 0.2) is 46.6 Å². The number of likely N-dealkylation sites (N-methyl/N-ethyl adjacent to an activating group) is 1. The molecule has 5 rings (SSSR count). The summed E-state index contributed by atoms with van der Waals surface area (Å²) in [6.45, 7) is 7.06. The summed E-state index contributed by atoms with van der Waals surface area (Å²) in [5, 5.41) is 1.82. The van der Waals surface area contributed by atoms with Crippen molar-refractivity contribution in [1.82, 2.24) is 19.8 Å². The van der Waals surface area contributed by atoms with Gasteiger partial charge in [-0.15, -0.1) is 0 Å². The van der Waals surface area contributed by atoms with E-state index in [1.165, 1.54) is 30.2 Å². The largest absolute Gasteiger partial charge is 0.492 e. The monoisotopic (exact) mass is 532 g/mol. The second kappa shape index (κ2) is 11.9. The molecule has 0 saturated carbocycles. The molecule has 0 aliphatic carbocycles. The second-order valence-electron chi connectivity index (χ2n) is 9.09. The van der Waals surface area contributed by atoms with Crippen molar-refractivity contribution < 1.29 is 18.6 Å². The molecule has 36 heavy (non-hydrogen) atoms. The van der Waals surface area contributed by atoms with Crippen LogP contribution < -0.4 is 9.47 Å². The average molecular weight is 533 g/mol. The molecule has 0 bridgehead atoms. The molecule has 0 atom stereocenters. The number of nitrogens with zero attached hydrogens (tertiary/aromatic N) is 4. The quantitative estimate of drug-likeness (QED) is 0.385. The minimum atomic E-state index is -0.376. The fourth-order valence-electron chi connectivity index (χ4n) is 4.35. The average Bonchev–Trinajstić information content (AvgIpc) is 2.87. The maximum absolute atomic E-state index is 13.6. The van der Waals surface area contributed by atoms with Crippen molar-refractivity contribution in [3.63, 3.8) is 0 Å². The Hall–Kier alpha value is -2.17. The van der Waals surface area contributed by atoms with Crippen LogP contribution in [0, 0.1) is 5.82 Å². The van der Waals surface area contributed by atoms with Crippen LogP contribution in [0.2, 0.25) is 5.02 Å². The lowest BCUT2D eigenvalue weighted by Crippen LogP contribution is -2.45. The van der Waals surface area contributed by atoms with E-state index in [1.54, 1.807) is 6.07 Å². The minimum Gasteiger partial charge on any atom is -0.492 e. The van der Waals surface area contributed by atoms with Gasteiger partial charge in [0.2, 0.25) is 0 Å². The first kappa shape index (κ1) is 25.5. The fraction of sp³-hybridized carbons (Fsp3) is 0.462. The third-order valence-corrected chi connectivity index (χ3v) is 7.98. The standard InChI is InChI=1S/C26H30ClFN4O3S/c1-31-6-8-32(9-7-31)10-13-34-20-15-22-25(23(16-20)35-19-4-11-33-12-5-19)26(30-17-29-22)36-24-3-2-18(28)14-21(24)27/h2-3,14-17,19H,4-13H2,1H3. The summed E-state index contributed by atoms with van der Waals surface area (Å²) in [7, 11) is 2.15. The molecule has 3 aromatic rings. The van der Waals surface area contributed by atoms with Crippen LogP contribution in [-0.2, 0) is 4.74 Å². The number of aromatic nitrogens is 2. The number of piperazine rings is 1. The van der Waals surface area contributed by atoms with Crippen LogP contribution in [0.1, 0.15) is 12.8 Å². The molecule has 2 aromatic carbocycles. The maximum Gasteiger partial charge on any atom is 0.135 e.